The van der Waals surface area contributed by atoms with Crippen LogP contribution in [0.25, 0.3) is 11.3 Å². The number of halogens is 3. The fraction of sp³-hybridized carbons (Fsp3) is 0.250. The molecule has 0 unspecified atom stereocenters. The molecule has 152 valence electrons. The van der Waals surface area contributed by atoms with Gasteiger partial charge in [0.15, 0.2) is 0 Å². The van der Waals surface area contributed by atoms with E-state index in [1.165, 1.54) is 19.2 Å². The molecule has 0 aliphatic heterocycles. The summed E-state index contributed by atoms with van der Waals surface area (Å²) in [6.45, 7) is 3.87. The molecule has 0 saturated carbocycles. The molecule has 1 aromatic carbocycles. The zero-order chi connectivity index (χ0) is 21.0. The summed E-state index contributed by atoms with van der Waals surface area (Å²) in [5.41, 5.74) is 0.704. The van der Waals surface area contributed by atoms with Gasteiger partial charge in [-0.2, -0.15) is 18.2 Å². The standard InChI is InChI=1S/C20H20F3N5O/c1-12(2)25-19-27-16(13-5-4-8-24-11-13)10-18(28-19)26-14-6-7-17(29-3)15(9-14)20(21,22)23/h4-12H,1-3H3,(H2,25,26,27,28). The molecule has 6 nitrogen and oxygen atoms in total. The van der Waals surface area contributed by atoms with Crippen LogP contribution in [0.5, 0.6) is 5.75 Å². The van der Waals surface area contributed by atoms with Crippen molar-refractivity contribution < 1.29 is 17.9 Å². The van der Waals surface area contributed by atoms with Gasteiger partial charge in [0.25, 0.3) is 0 Å². The molecule has 0 fully saturated rings. The Morgan fingerprint density at radius 2 is 1.86 bits per heavy atom. The van der Waals surface area contributed by atoms with E-state index in [2.05, 4.69) is 25.6 Å². The second-order valence-corrected chi connectivity index (χ2v) is 6.54. The molecule has 0 atom stereocenters. The van der Waals surface area contributed by atoms with E-state index >= 15 is 0 Å². The van der Waals surface area contributed by atoms with Crippen LogP contribution in [0.3, 0.4) is 0 Å². The molecule has 0 saturated heterocycles. The van der Waals surface area contributed by atoms with E-state index in [4.69, 9.17) is 4.74 Å². The Kier molecular flexibility index (Phi) is 5.86. The maximum absolute atomic E-state index is 13.3. The number of benzene rings is 1. The summed E-state index contributed by atoms with van der Waals surface area (Å²) < 4.78 is 44.7. The van der Waals surface area contributed by atoms with Gasteiger partial charge >= 0.3 is 6.18 Å². The molecular weight excluding hydrogens is 383 g/mol. The molecule has 0 radical (unpaired) electrons. The average molecular weight is 403 g/mol. The van der Waals surface area contributed by atoms with Crippen molar-refractivity contribution in [2.75, 3.05) is 17.7 Å². The Morgan fingerprint density at radius 3 is 2.48 bits per heavy atom. The summed E-state index contributed by atoms with van der Waals surface area (Å²) in [6.07, 6.45) is -1.24. The molecule has 0 bridgehead atoms. The molecule has 0 aliphatic carbocycles. The van der Waals surface area contributed by atoms with E-state index < -0.39 is 11.7 Å². The number of pyridine rings is 1. The van der Waals surface area contributed by atoms with Crippen LogP contribution in [0.15, 0.2) is 48.8 Å². The zero-order valence-corrected chi connectivity index (χ0v) is 16.1. The second-order valence-electron chi connectivity index (χ2n) is 6.54. The molecule has 2 N–H and O–H groups in total. The molecule has 3 rings (SSSR count). The van der Waals surface area contributed by atoms with Crippen molar-refractivity contribution in [2.24, 2.45) is 0 Å². The number of anilines is 3. The van der Waals surface area contributed by atoms with E-state index in [0.29, 0.717) is 17.5 Å². The van der Waals surface area contributed by atoms with Crippen LogP contribution in [0.1, 0.15) is 19.4 Å². The van der Waals surface area contributed by atoms with Gasteiger partial charge in [0, 0.05) is 35.8 Å². The maximum atomic E-state index is 13.3. The zero-order valence-electron chi connectivity index (χ0n) is 16.1. The van der Waals surface area contributed by atoms with Crippen LogP contribution < -0.4 is 15.4 Å². The number of ether oxygens (including phenoxy) is 1. The van der Waals surface area contributed by atoms with Crippen LogP contribution in [-0.4, -0.2) is 28.1 Å². The molecule has 0 aliphatic rings. The summed E-state index contributed by atoms with van der Waals surface area (Å²) in [7, 11) is 1.20. The van der Waals surface area contributed by atoms with Gasteiger partial charge in [-0.3, -0.25) is 4.98 Å². The van der Waals surface area contributed by atoms with Crippen molar-refractivity contribution in [2.45, 2.75) is 26.1 Å². The molecule has 29 heavy (non-hydrogen) atoms. The molecule has 2 heterocycles. The fourth-order valence-electron chi connectivity index (χ4n) is 2.65. The largest absolute Gasteiger partial charge is 0.496 e. The lowest BCUT2D eigenvalue weighted by molar-refractivity contribution is -0.138. The van der Waals surface area contributed by atoms with Crippen LogP contribution in [-0.2, 0) is 6.18 Å². The maximum Gasteiger partial charge on any atom is 0.420 e. The van der Waals surface area contributed by atoms with Crippen molar-refractivity contribution in [3.63, 3.8) is 0 Å². The lowest BCUT2D eigenvalue weighted by Gasteiger charge is -2.15. The van der Waals surface area contributed by atoms with Crippen molar-refractivity contribution in [3.05, 3.63) is 54.4 Å². The van der Waals surface area contributed by atoms with Gasteiger partial charge in [-0.05, 0) is 44.2 Å². The normalized spacial score (nSPS) is 11.4. The third kappa shape index (κ3) is 5.13. The fourth-order valence-corrected chi connectivity index (χ4v) is 2.65. The molecule has 0 amide bonds. The Morgan fingerprint density at radius 1 is 1.07 bits per heavy atom. The van der Waals surface area contributed by atoms with Crippen LogP contribution in [0.2, 0.25) is 0 Å². The number of aromatic nitrogens is 3. The van der Waals surface area contributed by atoms with E-state index in [-0.39, 0.29) is 17.5 Å². The first kappa shape index (κ1) is 20.4. The highest BCUT2D eigenvalue weighted by atomic mass is 19.4. The number of rotatable bonds is 6. The van der Waals surface area contributed by atoms with Crippen LogP contribution in [0.4, 0.5) is 30.6 Å². The topological polar surface area (TPSA) is 72.0 Å². The quantitative estimate of drug-likeness (QED) is 0.595. The van der Waals surface area contributed by atoms with Gasteiger partial charge in [0.2, 0.25) is 5.95 Å². The average Bonchev–Trinajstić information content (AvgIpc) is 2.67. The highest BCUT2D eigenvalue weighted by Crippen LogP contribution is 2.38. The molecule has 9 heteroatoms. The molecule has 2 aromatic heterocycles. The number of hydrogen-bond acceptors (Lipinski definition) is 6. The minimum Gasteiger partial charge on any atom is -0.496 e. The Balaban J connectivity index is 2.00. The summed E-state index contributed by atoms with van der Waals surface area (Å²) in [5, 5.41) is 6.04. The van der Waals surface area contributed by atoms with Gasteiger partial charge in [0.1, 0.15) is 11.6 Å². The van der Waals surface area contributed by atoms with Crippen LogP contribution >= 0.6 is 0 Å². The van der Waals surface area contributed by atoms with Crippen molar-refractivity contribution in [3.8, 4) is 17.0 Å². The van der Waals surface area contributed by atoms with Gasteiger partial charge in [-0.25, -0.2) is 4.98 Å². The SMILES string of the molecule is COc1ccc(Nc2cc(-c3cccnc3)nc(NC(C)C)n2)cc1C(F)(F)F. The third-order valence-corrected chi connectivity index (χ3v) is 3.88. The monoisotopic (exact) mass is 403 g/mol. The minimum atomic E-state index is -4.54. The van der Waals surface area contributed by atoms with Crippen molar-refractivity contribution in [1.82, 2.24) is 15.0 Å². The number of hydrogen-bond donors (Lipinski definition) is 2. The molecule has 3 aromatic rings. The first-order chi connectivity index (χ1) is 13.8. The van der Waals surface area contributed by atoms with Crippen molar-refractivity contribution >= 4 is 17.5 Å². The summed E-state index contributed by atoms with van der Waals surface area (Å²) in [6, 6.07) is 9.09. The summed E-state index contributed by atoms with van der Waals surface area (Å²) >= 11 is 0. The second kappa shape index (κ2) is 8.34. The van der Waals surface area contributed by atoms with Crippen LogP contribution in [0, 0.1) is 0 Å². The van der Waals surface area contributed by atoms with E-state index in [1.54, 1.807) is 24.5 Å². The lowest BCUT2D eigenvalue weighted by Crippen LogP contribution is -2.13. The highest BCUT2D eigenvalue weighted by Gasteiger charge is 2.34. The lowest BCUT2D eigenvalue weighted by atomic mass is 10.1. The number of nitrogens with zero attached hydrogens (tertiary/aromatic N) is 3. The van der Waals surface area contributed by atoms with Gasteiger partial charge < -0.3 is 15.4 Å². The Labute approximate surface area is 166 Å². The number of nitrogens with one attached hydrogen (secondary N) is 2. The predicted molar refractivity (Wildman–Crippen MR) is 105 cm³/mol. The highest BCUT2D eigenvalue weighted by molar-refractivity contribution is 5.67. The summed E-state index contributed by atoms with van der Waals surface area (Å²) in [4.78, 5) is 12.9. The third-order valence-electron chi connectivity index (χ3n) is 3.88. The van der Waals surface area contributed by atoms with Gasteiger partial charge in [0.05, 0.1) is 18.4 Å². The smallest absolute Gasteiger partial charge is 0.420 e. The minimum absolute atomic E-state index is 0.0739. The Hall–Kier alpha value is -3.36. The van der Waals surface area contributed by atoms with E-state index in [0.717, 1.165) is 11.6 Å². The number of methoxy groups -OCH3 is 1. The van der Waals surface area contributed by atoms with E-state index in [9.17, 15) is 13.2 Å². The predicted octanol–water partition coefficient (Wildman–Crippen LogP) is 5.13. The molecular formula is C20H20F3N5O. The van der Waals surface area contributed by atoms with Crippen molar-refractivity contribution in [1.29, 1.82) is 0 Å². The first-order valence-corrected chi connectivity index (χ1v) is 8.84. The number of alkyl halides is 3. The van der Waals surface area contributed by atoms with Gasteiger partial charge in [-0.15, -0.1) is 0 Å². The summed E-state index contributed by atoms with van der Waals surface area (Å²) in [5.74, 6) is 0.456. The Bertz CT molecular complexity index is 978. The molecule has 0 spiro atoms. The van der Waals surface area contributed by atoms with E-state index in [1.807, 2.05) is 19.9 Å². The first-order valence-electron chi connectivity index (χ1n) is 8.84. The van der Waals surface area contributed by atoms with Gasteiger partial charge in [-0.1, -0.05) is 0 Å².